The minimum atomic E-state index is -1.28. The molecular weight excluding hydrogens is 259 g/mol. The monoisotopic (exact) mass is 283 g/mol. The first-order valence-corrected chi connectivity index (χ1v) is 9.94. The maximum absolute atomic E-state index is 5.55. The second kappa shape index (κ2) is 11.7. The molecule has 0 spiro atoms. The first kappa shape index (κ1) is 15.2. The van der Waals surface area contributed by atoms with Crippen LogP contribution in [0.25, 0.3) is 0 Å². The van der Waals surface area contributed by atoms with Crippen molar-refractivity contribution in [2.45, 2.75) is 48.4 Å². The van der Waals surface area contributed by atoms with Crippen LogP contribution in [0.4, 0.5) is 0 Å². The van der Waals surface area contributed by atoms with E-state index in [-0.39, 0.29) is 5.48 Å². The topological polar surface area (TPSA) is 40.7 Å². The molecule has 0 aliphatic heterocycles. The van der Waals surface area contributed by atoms with Gasteiger partial charge in [-0.15, -0.1) is 0 Å². The SMILES string of the molecule is CCC[CH2][Sn]([CH2]CCC)[O]C.O. The fourth-order valence-electron chi connectivity index (χ4n) is 1.08. The van der Waals surface area contributed by atoms with E-state index in [0.29, 0.717) is 0 Å². The minimum Gasteiger partial charge on any atom is -0.412 e. The Morgan fingerprint density at radius 2 is 1.42 bits per heavy atom. The maximum Gasteiger partial charge on any atom is -0.412 e. The van der Waals surface area contributed by atoms with Gasteiger partial charge in [0, 0.05) is 0 Å². The number of unbranched alkanes of at least 4 members (excludes halogenated alkanes) is 2. The van der Waals surface area contributed by atoms with Gasteiger partial charge in [-0.25, -0.2) is 0 Å². The normalized spacial score (nSPS) is 10.0. The summed E-state index contributed by atoms with van der Waals surface area (Å²) in [5, 5.41) is 0. The van der Waals surface area contributed by atoms with Gasteiger partial charge < -0.3 is 5.48 Å². The van der Waals surface area contributed by atoms with Crippen molar-refractivity contribution in [1.82, 2.24) is 0 Å². The molecule has 0 saturated carbocycles. The Hall–Kier alpha value is 0.719. The van der Waals surface area contributed by atoms with E-state index in [9.17, 15) is 0 Å². The van der Waals surface area contributed by atoms with Crippen LogP contribution in [0.1, 0.15) is 39.5 Å². The molecule has 0 bridgehead atoms. The zero-order chi connectivity index (χ0) is 8.53. The van der Waals surface area contributed by atoms with Crippen molar-refractivity contribution in [2.75, 3.05) is 7.11 Å². The van der Waals surface area contributed by atoms with E-state index in [2.05, 4.69) is 13.8 Å². The Balaban J connectivity index is 0. The molecule has 0 atom stereocenters. The molecular formula is C9H23O2Sn. The summed E-state index contributed by atoms with van der Waals surface area (Å²) < 4.78 is 8.43. The summed E-state index contributed by atoms with van der Waals surface area (Å²) in [5.41, 5.74) is 0. The first-order chi connectivity index (χ1) is 5.35. The van der Waals surface area contributed by atoms with Crippen LogP contribution in [-0.2, 0) is 3.07 Å². The Kier molecular flexibility index (Phi) is 14.8. The molecule has 0 aliphatic carbocycles. The summed E-state index contributed by atoms with van der Waals surface area (Å²) in [6.07, 6.45) is 5.46. The molecule has 0 fully saturated rings. The zero-order valence-electron chi connectivity index (χ0n) is 8.65. The van der Waals surface area contributed by atoms with Crippen molar-refractivity contribution in [3.63, 3.8) is 0 Å². The molecule has 2 nitrogen and oxygen atoms in total. The van der Waals surface area contributed by atoms with Crippen LogP contribution in [0.3, 0.4) is 0 Å². The molecule has 0 aromatic rings. The summed E-state index contributed by atoms with van der Waals surface area (Å²) in [5.74, 6) is 0. The fourth-order valence-corrected chi connectivity index (χ4v) is 7.22. The average molecular weight is 282 g/mol. The largest absolute Gasteiger partial charge is 0.412 e. The van der Waals surface area contributed by atoms with Crippen LogP contribution < -0.4 is 0 Å². The number of hydrogen-bond donors (Lipinski definition) is 0. The van der Waals surface area contributed by atoms with Gasteiger partial charge in [-0.05, 0) is 0 Å². The standard InChI is InChI=1S/2C4H9.CH3O.H2O.Sn/c2*1-3-4-2;1-2;;/h2*1,3-4H2,2H3;1H3;1H2;/q;;-1;;+1. The van der Waals surface area contributed by atoms with Crippen molar-refractivity contribution in [3.05, 3.63) is 0 Å². The summed E-state index contributed by atoms with van der Waals surface area (Å²) in [7, 11) is 1.92. The van der Waals surface area contributed by atoms with Crippen molar-refractivity contribution in [3.8, 4) is 0 Å². The molecule has 0 rings (SSSR count). The minimum absolute atomic E-state index is 0. The van der Waals surface area contributed by atoms with Gasteiger partial charge in [0.2, 0.25) is 0 Å². The first-order valence-electron chi connectivity index (χ1n) is 4.73. The predicted octanol–water partition coefficient (Wildman–Crippen LogP) is 2.40. The van der Waals surface area contributed by atoms with Gasteiger partial charge in [-0.2, -0.15) is 0 Å². The van der Waals surface area contributed by atoms with Crippen LogP contribution in [0, 0.1) is 0 Å². The molecule has 3 heteroatoms. The smallest absolute Gasteiger partial charge is 0.412 e. The molecule has 12 heavy (non-hydrogen) atoms. The number of hydrogen-bond acceptors (Lipinski definition) is 1. The summed E-state index contributed by atoms with van der Waals surface area (Å²) in [6, 6.07) is 0. The van der Waals surface area contributed by atoms with Crippen molar-refractivity contribution < 1.29 is 8.55 Å². The second-order valence-electron chi connectivity index (χ2n) is 2.95. The molecule has 1 radical (unpaired) electrons. The van der Waals surface area contributed by atoms with Crippen LogP contribution in [0.5, 0.6) is 0 Å². The van der Waals surface area contributed by atoms with Gasteiger partial charge in [0.25, 0.3) is 0 Å². The molecule has 0 aromatic carbocycles. The van der Waals surface area contributed by atoms with Crippen LogP contribution in [0.2, 0.25) is 8.87 Å². The van der Waals surface area contributed by atoms with E-state index in [0.717, 1.165) is 0 Å². The van der Waals surface area contributed by atoms with Crippen LogP contribution >= 0.6 is 0 Å². The predicted molar refractivity (Wildman–Crippen MR) is 55.8 cm³/mol. The Morgan fingerprint density at radius 1 is 1.00 bits per heavy atom. The molecule has 0 saturated heterocycles. The van der Waals surface area contributed by atoms with Gasteiger partial charge in [0.15, 0.2) is 0 Å². The van der Waals surface area contributed by atoms with E-state index in [1.54, 1.807) is 0 Å². The second-order valence-corrected chi connectivity index (χ2v) is 10.0. The van der Waals surface area contributed by atoms with Crippen LogP contribution in [0.15, 0.2) is 0 Å². The van der Waals surface area contributed by atoms with Crippen molar-refractivity contribution >= 4 is 20.2 Å². The Bertz CT molecular complexity index is 70.9. The molecule has 2 N–H and O–H groups in total. The van der Waals surface area contributed by atoms with Gasteiger partial charge in [-0.1, -0.05) is 0 Å². The fraction of sp³-hybridized carbons (Fsp3) is 1.00. The summed E-state index contributed by atoms with van der Waals surface area (Å²) >= 11 is -1.28. The molecule has 0 heterocycles. The Morgan fingerprint density at radius 3 is 1.67 bits per heavy atom. The zero-order valence-corrected chi connectivity index (χ0v) is 11.5. The van der Waals surface area contributed by atoms with Crippen LogP contribution in [-0.4, -0.2) is 32.8 Å². The molecule has 0 aliphatic rings. The van der Waals surface area contributed by atoms with E-state index in [1.165, 1.54) is 34.6 Å². The van der Waals surface area contributed by atoms with E-state index < -0.39 is 20.2 Å². The van der Waals surface area contributed by atoms with Crippen molar-refractivity contribution in [1.29, 1.82) is 0 Å². The number of rotatable bonds is 7. The molecule has 75 valence electrons. The molecule has 0 unspecified atom stereocenters. The third kappa shape index (κ3) is 8.81. The van der Waals surface area contributed by atoms with E-state index in [4.69, 9.17) is 3.07 Å². The van der Waals surface area contributed by atoms with Gasteiger partial charge in [0.1, 0.15) is 0 Å². The summed E-state index contributed by atoms with van der Waals surface area (Å²) in [4.78, 5) is 0. The third-order valence-corrected chi connectivity index (χ3v) is 8.76. The third-order valence-electron chi connectivity index (χ3n) is 1.91. The molecule has 0 amide bonds. The molecule has 0 aromatic heterocycles. The van der Waals surface area contributed by atoms with E-state index in [1.807, 2.05) is 7.11 Å². The van der Waals surface area contributed by atoms with Gasteiger partial charge in [-0.3, -0.25) is 0 Å². The Labute approximate surface area is 84.3 Å². The van der Waals surface area contributed by atoms with Gasteiger partial charge >= 0.3 is 78.8 Å². The average Bonchev–Trinajstić information content (AvgIpc) is 2.05. The van der Waals surface area contributed by atoms with Gasteiger partial charge in [0.05, 0.1) is 0 Å². The summed E-state index contributed by atoms with van der Waals surface area (Å²) in [6.45, 7) is 4.52. The van der Waals surface area contributed by atoms with Crippen molar-refractivity contribution in [2.24, 2.45) is 0 Å². The van der Waals surface area contributed by atoms with E-state index >= 15 is 0 Å². The maximum atomic E-state index is 5.55. The quantitative estimate of drug-likeness (QED) is 0.661.